The number of likely N-dealkylation sites (tertiary alicyclic amines) is 1. The van der Waals surface area contributed by atoms with Crippen LogP contribution in [0.1, 0.15) is 51.6 Å². The molecule has 1 atom stereocenters. The van der Waals surface area contributed by atoms with Gasteiger partial charge in [-0.2, -0.15) is 0 Å². The van der Waals surface area contributed by atoms with E-state index in [1.165, 1.54) is 0 Å². The Hall–Kier alpha value is -3.98. The molecule has 5 rings (SSSR count). The molecule has 8 nitrogen and oxygen atoms in total. The van der Waals surface area contributed by atoms with Gasteiger partial charge in [-0.25, -0.2) is 9.00 Å². The summed E-state index contributed by atoms with van der Waals surface area (Å²) < 4.78 is 18.7. The summed E-state index contributed by atoms with van der Waals surface area (Å²) in [6.07, 6.45) is 0.903. The molecule has 9 heteroatoms. The summed E-state index contributed by atoms with van der Waals surface area (Å²) in [5.74, 6) is -0.534. The van der Waals surface area contributed by atoms with Gasteiger partial charge in [0, 0.05) is 24.7 Å². The van der Waals surface area contributed by atoms with Gasteiger partial charge in [-0.15, -0.1) is 0 Å². The lowest BCUT2D eigenvalue weighted by Gasteiger charge is -2.31. The quantitative estimate of drug-likeness (QED) is 0.503. The molecule has 1 N–H and O–H groups in total. The summed E-state index contributed by atoms with van der Waals surface area (Å²) in [6, 6.07) is 19.7. The molecule has 1 saturated heterocycles. The van der Waals surface area contributed by atoms with Crippen molar-refractivity contribution < 1.29 is 23.3 Å². The van der Waals surface area contributed by atoms with Gasteiger partial charge in [0.25, 0.3) is 11.8 Å². The number of carbonyl (C=O) groups excluding carboxylic acids is 3. The molecule has 3 aromatic carbocycles. The van der Waals surface area contributed by atoms with E-state index in [0.29, 0.717) is 59.1 Å². The van der Waals surface area contributed by atoms with Crippen molar-refractivity contribution in [1.29, 1.82) is 0 Å². The first-order chi connectivity index (χ1) is 18.9. The normalized spacial score (nSPS) is 17.2. The number of anilines is 1. The zero-order valence-electron chi connectivity index (χ0n) is 22.0. The molecule has 39 heavy (non-hydrogen) atoms. The Morgan fingerprint density at radius 3 is 2.46 bits per heavy atom. The highest BCUT2D eigenvalue weighted by Crippen LogP contribution is 2.36. The first kappa shape index (κ1) is 26.6. The summed E-state index contributed by atoms with van der Waals surface area (Å²) in [5.41, 5.74) is 3.23. The third-order valence-electron chi connectivity index (χ3n) is 7.22. The Labute approximate surface area is 230 Å². The van der Waals surface area contributed by atoms with E-state index in [1.807, 2.05) is 31.2 Å². The number of fused-ring (bicyclic) bond motifs is 2. The topological polar surface area (TPSA) is 96.0 Å². The maximum Gasteiger partial charge on any atom is 0.409 e. The molecule has 3 aromatic rings. The fraction of sp³-hybridized carbons (Fsp3) is 0.300. The van der Waals surface area contributed by atoms with Crippen molar-refractivity contribution in [2.24, 2.45) is 0 Å². The van der Waals surface area contributed by atoms with Crippen LogP contribution in [0.3, 0.4) is 0 Å². The number of piperidine rings is 1. The summed E-state index contributed by atoms with van der Waals surface area (Å²) in [5, 5.41) is 3.07. The third-order valence-corrected chi connectivity index (χ3v) is 8.72. The molecule has 0 saturated carbocycles. The van der Waals surface area contributed by atoms with Gasteiger partial charge in [0.15, 0.2) is 0 Å². The lowest BCUT2D eigenvalue weighted by atomic mass is 10.0. The minimum absolute atomic E-state index is 0.0925. The van der Waals surface area contributed by atoms with Crippen LogP contribution >= 0.6 is 0 Å². The van der Waals surface area contributed by atoms with Crippen LogP contribution in [-0.2, 0) is 22.1 Å². The lowest BCUT2D eigenvalue weighted by molar-refractivity contribution is 0.0858. The number of nitrogens with one attached hydrogen (secondary N) is 1. The van der Waals surface area contributed by atoms with Gasteiger partial charge >= 0.3 is 6.09 Å². The van der Waals surface area contributed by atoms with Gasteiger partial charge < -0.3 is 19.9 Å². The molecular weight excluding hydrogens is 514 g/mol. The number of benzene rings is 3. The number of nitrogens with zero attached hydrogens (tertiary/aromatic N) is 2. The summed E-state index contributed by atoms with van der Waals surface area (Å²) >= 11 is 0. The summed E-state index contributed by atoms with van der Waals surface area (Å²) in [6.45, 7) is 5.37. The first-order valence-electron chi connectivity index (χ1n) is 13.1. The maximum atomic E-state index is 13.8. The second-order valence-corrected chi connectivity index (χ2v) is 11.1. The molecule has 1 fully saturated rings. The average Bonchev–Trinajstić information content (AvgIpc) is 3.04. The number of hydrogen-bond acceptors (Lipinski definition) is 5. The van der Waals surface area contributed by atoms with Crippen LogP contribution < -0.4 is 10.2 Å². The molecule has 0 radical (unpaired) electrons. The van der Waals surface area contributed by atoms with Crippen molar-refractivity contribution in [2.45, 2.75) is 49.1 Å². The van der Waals surface area contributed by atoms with Gasteiger partial charge in [-0.05, 0) is 68.1 Å². The van der Waals surface area contributed by atoms with Gasteiger partial charge in [0.1, 0.15) is 0 Å². The van der Waals surface area contributed by atoms with Crippen molar-refractivity contribution in [3.05, 3.63) is 89.0 Å². The number of carbonyl (C=O) groups is 3. The van der Waals surface area contributed by atoms with Crippen LogP contribution in [0, 0.1) is 6.92 Å². The lowest BCUT2D eigenvalue weighted by Crippen LogP contribution is -2.46. The number of rotatable bonds is 5. The Kier molecular flexibility index (Phi) is 7.79. The third kappa shape index (κ3) is 5.45. The molecule has 202 valence electrons. The molecular formula is C30H31N3O5S. The van der Waals surface area contributed by atoms with E-state index < -0.39 is 10.8 Å². The molecule has 0 aliphatic carbocycles. The Morgan fingerprint density at radius 2 is 1.72 bits per heavy atom. The van der Waals surface area contributed by atoms with E-state index >= 15 is 0 Å². The Bertz CT molecular complexity index is 1450. The van der Waals surface area contributed by atoms with Gasteiger partial charge in [-0.1, -0.05) is 36.4 Å². The number of hydrogen-bond donors (Lipinski definition) is 1. The molecule has 2 heterocycles. The number of ether oxygens (including phenoxy) is 1. The second kappa shape index (κ2) is 11.4. The first-order valence-corrected chi connectivity index (χ1v) is 14.3. The number of aryl methyl sites for hydroxylation is 1. The molecule has 3 amide bonds. The van der Waals surface area contributed by atoms with E-state index in [-0.39, 0.29) is 30.5 Å². The fourth-order valence-electron chi connectivity index (χ4n) is 5.01. The van der Waals surface area contributed by atoms with Crippen LogP contribution in [-0.4, -0.2) is 52.8 Å². The Morgan fingerprint density at radius 1 is 1.00 bits per heavy atom. The smallest absolute Gasteiger partial charge is 0.409 e. The van der Waals surface area contributed by atoms with Crippen LogP contribution in [0.25, 0.3) is 0 Å². The van der Waals surface area contributed by atoms with Gasteiger partial charge in [0.2, 0.25) is 0 Å². The largest absolute Gasteiger partial charge is 0.450 e. The summed E-state index contributed by atoms with van der Waals surface area (Å²) in [7, 11) is -1.59. The van der Waals surface area contributed by atoms with Crippen molar-refractivity contribution in [3.8, 4) is 0 Å². The molecule has 0 unspecified atom stereocenters. The highest BCUT2D eigenvalue weighted by Gasteiger charge is 2.32. The van der Waals surface area contributed by atoms with E-state index in [2.05, 4.69) is 5.32 Å². The summed E-state index contributed by atoms with van der Waals surface area (Å²) in [4.78, 5) is 43.4. The standard InChI is InChI=1S/C30H31N3O5S/c1-3-38-30(36)32-16-14-23(15-17-32)31-28(34)21-12-13-27-25(18-21)33(19-22-9-5-4-8-20(22)2)29(35)24-10-6-7-11-26(24)39(27)37/h4-13,18,23H,3,14-17,19H2,1-2H3,(H,31,34)/t39-/m1/s1. The number of amides is 3. The molecule has 2 aliphatic rings. The van der Waals surface area contributed by atoms with Crippen LogP contribution in [0.5, 0.6) is 0 Å². The van der Waals surface area contributed by atoms with Gasteiger partial charge in [0.05, 0.1) is 45.0 Å². The van der Waals surface area contributed by atoms with E-state index in [1.54, 1.807) is 59.2 Å². The molecule has 0 bridgehead atoms. The highest BCUT2D eigenvalue weighted by atomic mass is 32.2. The molecule has 0 spiro atoms. The zero-order valence-corrected chi connectivity index (χ0v) is 22.8. The highest BCUT2D eigenvalue weighted by molar-refractivity contribution is 7.85. The van der Waals surface area contributed by atoms with E-state index in [0.717, 1.165) is 11.1 Å². The van der Waals surface area contributed by atoms with E-state index in [4.69, 9.17) is 4.74 Å². The zero-order chi connectivity index (χ0) is 27.5. The maximum absolute atomic E-state index is 13.8. The SMILES string of the molecule is CCOC(=O)N1CCC(NC(=O)c2ccc3c(c2)N(Cc2ccccc2C)C(=O)c2ccccc2[S@]3=O)CC1. The van der Waals surface area contributed by atoms with Crippen LogP contribution in [0.2, 0.25) is 0 Å². The molecule has 2 aliphatic heterocycles. The minimum atomic E-state index is -1.59. The van der Waals surface area contributed by atoms with Crippen molar-refractivity contribution >= 4 is 34.4 Å². The predicted octanol–water partition coefficient (Wildman–Crippen LogP) is 4.67. The monoisotopic (exact) mass is 545 g/mol. The fourth-order valence-corrected chi connectivity index (χ4v) is 6.35. The van der Waals surface area contributed by atoms with Gasteiger partial charge in [-0.3, -0.25) is 9.59 Å². The average molecular weight is 546 g/mol. The van der Waals surface area contributed by atoms with Crippen LogP contribution in [0.15, 0.2) is 76.5 Å². The van der Waals surface area contributed by atoms with Crippen molar-refractivity contribution in [3.63, 3.8) is 0 Å². The molecule has 0 aromatic heterocycles. The van der Waals surface area contributed by atoms with Crippen molar-refractivity contribution in [2.75, 3.05) is 24.6 Å². The minimum Gasteiger partial charge on any atom is -0.450 e. The predicted molar refractivity (Wildman–Crippen MR) is 148 cm³/mol. The van der Waals surface area contributed by atoms with Crippen LogP contribution in [0.4, 0.5) is 10.5 Å². The van der Waals surface area contributed by atoms with Crippen molar-refractivity contribution in [1.82, 2.24) is 10.2 Å². The van der Waals surface area contributed by atoms with E-state index in [9.17, 15) is 18.6 Å². The second-order valence-electron chi connectivity index (χ2n) is 9.70. The Balaban J connectivity index is 1.43.